The molecule has 1 N–H and O–H groups in total. The van der Waals surface area contributed by atoms with Gasteiger partial charge in [0.1, 0.15) is 17.2 Å². The first-order valence-electron chi connectivity index (χ1n) is 8.55. The molecule has 0 aliphatic carbocycles. The molecule has 30 heavy (non-hydrogen) atoms. The van der Waals surface area contributed by atoms with Crippen LogP contribution in [0, 0.1) is 20.2 Å². The zero-order valence-corrected chi connectivity index (χ0v) is 16.0. The molecule has 0 amide bonds. The van der Waals surface area contributed by atoms with Gasteiger partial charge in [-0.3, -0.25) is 25.7 Å². The fraction of sp³-hybridized carbons (Fsp3) is 0.222. The molecule has 0 saturated heterocycles. The number of carbonyl (C=O) groups is 1. The molecule has 1 atom stereocenters. The van der Waals surface area contributed by atoms with Crippen LogP contribution >= 0.6 is 0 Å². The first kappa shape index (κ1) is 22.1. The van der Waals surface area contributed by atoms with Gasteiger partial charge in [-0.25, -0.2) is 4.79 Å². The van der Waals surface area contributed by atoms with Crippen molar-refractivity contribution in [2.24, 2.45) is 5.10 Å². The highest BCUT2D eigenvalue weighted by Crippen LogP contribution is 2.29. The van der Waals surface area contributed by atoms with Gasteiger partial charge in [0.05, 0.1) is 35.8 Å². The third-order valence-corrected chi connectivity index (χ3v) is 3.61. The number of anilines is 1. The Morgan fingerprint density at radius 1 is 1.17 bits per heavy atom. The fourth-order valence-electron chi connectivity index (χ4n) is 2.24. The van der Waals surface area contributed by atoms with E-state index in [4.69, 9.17) is 14.2 Å². The van der Waals surface area contributed by atoms with Crippen LogP contribution in [0.3, 0.4) is 0 Å². The molecule has 12 heteroatoms. The monoisotopic (exact) mass is 418 g/mol. The number of benzene rings is 2. The molecule has 2 rings (SSSR count). The van der Waals surface area contributed by atoms with Crippen molar-refractivity contribution in [2.75, 3.05) is 19.1 Å². The predicted octanol–water partition coefficient (Wildman–Crippen LogP) is 2.92. The maximum Gasteiger partial charge on any atom is 0.353 e. The number of rotatable bonds is 10. The van der Waals surface area contributed by atoms with Crippen LogP contribution in [0.15, 0.2) is 47.6 Å². The largest absolute Gasteiger partial charge is 0.497 e. The van der Waals surface area contributed by atoms with Gasteiger partial charge in [0.15, 0.2) is 0 Å². The lowest BCUT2D eigenvalue weighted by Crippen LogP contribution is -2.31. The maximum absolute atomic E-state index is 12.2. The van der Waals surface area contributed by atoms with Crippen molar-refractivity contribution >= 4 is 29.2 Å². The molecular formula is C18H18N4O8. The Kier molecular flexibility index (Phi) is 7.62. The average Bonchev–Trinajstić information content (AvgIpc) is 2.73. The summed E-state index contributed by atoms with van der Waals surface area (Å²) in [7, 11) is 1.48. The first-order valence-corrected chi connectivity index (χ1v) is 8.55. The van der Waals surface area contributed by atoms with E-state index < -0.39 is 33.3 Å². The number of hydrazone groups is 1. The molecule has 0 saturated carbocycles. The van der Waals surface area contributed by atoms with Crippen LogP contribution in [0.1, 0.15) is 6.92 Å². The number of nitrogens with zero attached hydrogens (tertiary/aromatic N) is 3. The normalized spacial score (nSPS) is 11.5. The fourth-order valence-corrected chi connectivity index (χ4v) is 2.24. The molecule has 2 aromatic carbocycles. The standard InChI is InChI=1S/C18H18N4O8/c1-3-29-18(23)17(30-14-6-4-5-13(10-14)28-2)11-19-20-15-8-7-12(21(24)25)9-16(15)22(26)27/h4-11,17,20H,3H2,1-2H3/b19-11+/t17-/m1/s1. The lowest BCUT2D eigenvalue weighted by Gasteiger charge is -2.14. The van der Waals surface area contributed by atoms with Crippen molar-refractivity contribution in [1.29, 1.82) is 0 Å². The van der Waals surface area contributed by atoms with Gasteiger partial charge in [-0.1, -0.05) is 6.07 Å². The molecule has 0 aliphatic heterocycles. The van der Waals surface area contributed by atoms with E-state index >= 15 is 0 Å². The summed E-state index contributed by atoms with van der Waals surface area (Å²) in [6, 6.07) is 9.51. The van der Waals surface area contributed by atoms with Crippen LogP contribution in [-0.4, -0.2) is 41.9 Å². The number of hydrogen-bond acceptors (Lipinski definition) is 10. The van der Waals surface area contributed by atoms with Crippen molar-refractivity contribution in [3.8, 4) is 11.5 Å². The van der Waals surface area contributed by atoms with Crippen LogP contribution in [-0.2, 0) is 9.53 Å². The van der Waals surface area contributed by atoms with E-state index in [0.717, 1.165) is 24.4 Å². The number of hydrogen-bond donors (Lipinski definition) is 1. The van der Waals surface area contributed by atoms with Crippen LogP contribution < -0.4 is 14.9 Å². The van der Waals surface area contributed by atoms with Crippen molar-refractivity contribution in [2.45, 2.75) is 13.0 Å². The summed E-state index contributed by atoms with van der Waals surface area (Å²) in [6.45, 7) is 1.72. The molecule has 158 valence electrons. The van der Waals surface area contributed by atoms with Crippen molar-refractivity contribution in [3.63, 3.8) is 0 Å². The second-order valence-corrected chi connectivity index (χ2v) is 5.58. The summed E-state index contributed by atoms with van der Waals surface area (Å²) in [5.41, 5.74) is 1.29. The van der Waals surface area contributed by atoms with Gasteiger partial charge in [-0.05, 0) is 25.1 Å². The molecule has 0 spiro atoms. The lowest BCUT2D eigenvalue weighted by atomic mass is 10.2. The molecule has 0 bridgehead atoms. The SMILES string of the molecule is CCOC(=O)[C@@H](/C=N/Nc1ccc([N+](=O)[O-])cc1[N+](=O)[O-])Oc1cccc(OC)c1. The average molecular weight is 418 g/mol. The molecule has 0 fully saturated rings. The van der Waals surface area contributed by atoms with E-state index in [9.17, 15) is 25.0 Å². The number of carbonyl (C=O) groups excluding carboxylic acids is 1. The quantitative estimate of drug-likeness (QED) is 0.265. The highest BCUT2D eigenvalue weighted by molar-refractivity contribution is 5.93. The van der Waals surface area contributed by atoms with Gasteiger partial charge in [-0.15, -0.1) is 0 Å². The smallest absolute Gasteiger partial charge is 0.353 e. The van der Waals surface area contributed by atoms with Crippen LogP contribution in [0.2, 0.25) is 0 Å². The predicted molar refractivity (Wildman–Crippen MR) is 106 cm³/mol. The Morgan fingerprint density at radius 3 is 2.53 bits per heavy atom. The molecular weight excluding hydrogens is 400 g/mol. The minimum atomic E-state index is -1.26. The Balaban J connectivity index is 2.22. The van der Waals surface area contributed by atoms with E-state index in [-0.39, 0.29) is 12.3 Å². The Bertz CT molecular complexity index is 963. The summed E-state index contributed by atoms with van der Waals surface area (Å²) in [4.78, 5) is 32.6. The number of nitro groups is 2. The number of non-ortho nitro benzene ring substituents is 1. The third-order valence-electron chi connectivity index (χ3n) is 3.61. The Labute approximate surface area is 170 Å². The molecule has 0 aromatic heterocycles. The minimum absolute atomic E-state index is 0.103. The van der Waals surface area contributed by atoms with E-state index in [1.807, 2.05) is 0 Å². The number of nitrogens with one attached hydrogen (secondary N) is 1. The third kappa shape index (κ3) is 5.89. The zero-order valence-electron chi connectivity index (χ0n) is 16.0. The van der Waals surface area contributed by atoms with Crippen LogP contribution in [0.4, 0.5) is 17.1 Å². The van der Waals surface area contributed by atoms with Crippen LogP contribution in [0.5, 0.6) is 11.5 Å². The topological polar surface area (TPSA) is 155 Å². The lowest BCUT2D eigenvalue weighted by molar-refractivity contribution is -0.393. The molecule has 2 aromatic rings. The highest BCUT2D eigenvalue weighted by atomic mass is 16.6. The van der Waals surface area contributed by atoms with E-state index in [1.54, 1.807) is 31.2 Å². The summed E-state index contributed by atoms with van der Waals surface area (Å²) in [5.74, 6) is 0.0796. The number of methoxy groups -OCH3 is 1. The van der Waals surface area contributed by atoms with Crippen molar-refractivity contribution in [1.82, 2.24) is 0 Å². The summed E-state index contributed by atoms with van der Waals surface area (Å²) in [5, 5.41) is 25.8. The number of nitro benzene ring substituents is 2. The Morgan fingerprint density at radius 2 is 1.90 bits per heavy atom. The van der Waals surface area contributed by atoms with E-state index in [0.29, 0.717) is 11.5 Å². The highest BCUT2D eigenvalue weighted by Gasteiger charge is 2.22. The van der Waals surface area contributed by atoms with E-state index in [1.165, 1.54) is 7.11 Å². The number of esters is 1. The molecule has 12 nitrogen and oxygen atoms in total. The second-order valence-electron chi connectivity index (χ2n) is 5.58. The van der Waals surface area contributed by atoms with Gasteiger partial charge in [0.25, 0.3) is 5.69 Å². The zero-order chi connectivity index (χ0) is 22.1. The van der Waals surface area contributed by atoms with Crippen molar-refractivity contribution < 1.29 is 28.9 Å². The van der Waals surface area contributed by atoms with Gasteiger partial charge in [-0.2, -0.15) is 5.10 Å². The summed E-state index contributed by atoms with van der Waals surface area (Å²) >= 11 is 0. The number of ether oxygens (including phenoxy) is 3. The molecule has 0 radical (unpaired) electrons. The molecule has 0 unspecified atom stereocenters. The van der Waals surface area contributed by atoms with Crippen molar-refractivity contribution in [3.05, 3.63) is 62.7 Å². The van der Waals surface area contributed by atoms with Gasteiger partial charge in [0.2, 0.25) is 6.10 Å². The van der Waals surface area contributed by atoms with Crippen LogP contribution in [0.25, 0.3) is 0 Å². The van der Waals surface area contributed by atoms with E-state index in [2.05, 4.69) is 10.5 Å². The molecule has 0 heterocycles. The van der Waals surface area contributed by atoms with Gasteiger partial charge >= 0.3 is 11.7 Å². The second kappa shape index (κ2) is 10.4. The summed E-state index contributed by atoms with van der Waals surface area (Å²) in [6.07, 6.45) is -0.204. The Hall–Kier alpha value is -4.22. The first-order chi connectivity index (χ1) is 14.3. The van der Waals surface area contributed by atoms with Gasteiger partial charge < -0.3 is 14.2 Å². The van der Waals surface area contributed by atoms with Gasteiger partial charge in [0, 0.05) is 12.1 Å². The minimum Gasteiger partial charge on any atom is -0.497 e. The molecule has 0 aliphatic rings. The summed E-state index contributed by atoms with van der Waals surface area (Å²) < 4.78 is 15.6. The maximum atomic E-state index is 12.2.